The lowest BCUT2D eigenvalue weighted by atomic mass is 9.95. The van der Waals surface area contributed by atoms with Crippen LogP contribution in [0.4, 0.5) is 0 Å². The van der Waals surface area contributed by atoms with Gasteiger partial charge in [-0.2, -0.15) is 0 Å². The first-order chi connectivity index (χ1) is 5.88. The van der Waals surface area contributed by atoms with Crippen molar-refractivity contribution in [1.82, 2.24) is 0 Å². The molecule has 0 spiro atoms. The second kappa shape index (κ2) is 6.38. The van der Waals surface area contributed by atoms with Crippen LogP contribution in [0.15, 0.2) is 24.3 Å². The van der Waals surface area contributed by atoms with Crippen molar-refractivity contribution in [3.8, 4) is 23.3 Å². The predicted octanol–water partition coefficient (Wildman–Crippen LogP) is 2.44. The van der Waals surface area contributed by atoms with Crippen LogP contribution >= 0.6 is 17.0 Å². The lowest BCUT2D eigenvalue weighted by molar-refractivity contribution is 0.336. The number of rotatable bonds is 0. The molecule has 0 saturated carbocycles. The van der Waals surface area contributed by atoms with Crippen molar-refractivity contribution in [3.05, 3.63) is 24.3 Å². The van der Waals surface area contributed by atoms with E-state index >= 15 is 0 Å². The van der Waals surface area contributed by atoms with Crippen LogP contribution in [0, 0.1) is 12.2 Å². The Hall–Kier alpha value is -1.14. The first-order valence-corrected chi connectivity index (χ1v) is 3.55. The van der Waals surface area contributed by atoms with E-state index in [1.807, 2.05) is 0 Å². The zero-order chi connectivity index (χ0) is 8.81. The molecule has 0 saturated heterocycles. The molecule has 0 radical (unpaired) electrons. The van der Waals surface area contributed by atoms with Crippen molar-refractivity contribution in [3.63, 3.8) is 0 Å². The van der Waals surface area contributed by atoms with Gasteiger partial charge in [-0.05, 0) is 11.1 Å². The van der Waals surface area contributed by atoms with Gasteiger partial charge in [-0.3, -0.25) is 0 Å². The Morgan fingerprint density at radius 3 is 1.23 bits per heavy atom. The van der Waals surface area contributed by atoms with Gasteiger partial charge in [-0.25, -0.2) is 0 Å². The van der Waals surface area contributed by atoms with Gasteiger partial charge in [0.15, 0.2) is 12.2 Å². The number of benzene rings is 1. The number of ether oxygens (including phenoxy) is 2. The molecule has 0 aromatic carbocycles. The highest BCUT2D eigenvalue weighted by Crippen LogP contribution is 2.29. The van der Waals surface area contributed by atoms with Crippen LogP contribution in [-0.4, -0.2) is 14.2 Å². The molecule has 0 bridgehead atoms. The molecular weight excluding hydrogens is 232 g/mol. The SMILES string of the molecule is Br.COC#COC.c1cc2ccc1-2. The second-order valence-corrected chi connectivity index (χ2v) is 2.19. The van der Waals surface area contributed by atoms with Crippen LogP contribution in [0.5, 0.6) is 0 Å². The topological polar surface area (TPSA) is 18.5 Å². The normalized spacial score (nSPS) is 7.54. The minimum absolute atomic E-state index is 0. The molecule has 3 heteroatoms. The molecule has 70 valence electrons. The molecule has 0 atom stereocenters. The van der Waals surface area contributed by atoms with Crippen molar-refractivity contribution in [2.24, 2.45) is 0 Å². The molecule has 0 unspecified atom stereocenters. The standard InChI is InChI=1S/C6H4.C4H6O2.BrH/c1-2-6-4-3-5(1)6;1-5-3-4-6-2;/h1-4H;1-2H3;1H. The smallest absolute Gasteiger partial charge is 0.154 e. The third kappa shape index (κ3) is 3.39. The molecule has 0 fully saturated rings. The summed E-state index contributed by atoms with van der Waals surface area (Å²) in [5, 5.41) is 0. The summed E-state index contributed by atoms with van der Waals surface area (Å²) >= 11 is 0. The quantitative estimate of drug-likeness (QED) is 0.661. The molecule has 2 aliphatic rings. The van der Waals surface area contributed by atoms with Crippen LogP contribution in [0.25, 0.3) is 11.1 Å². The van der Waals surface area contributed by atoms with Crippen LogP contribution in [0.2, 0.25) is 0 Å². The van der Waals surface area contributed by atoms with Crippen molar-refractivity contribution < 1.29 is 9.47 Å². The Morgan fingerprint density at radius 1 is 0.846 bits per heavy atom. The zero-order valence-corrected chi connectivity index (χ0v) is 9.25. The summed E-state index contributed by atoms with van der Waals surface area (Å²) in [6, 6.07) is 8.48. The minimum Gasteiger partial charge on any atom is -0.448 e. The second-order valence-electron chi connectivity index (χ2n) is 2.19. The minimum atomic E-state index is 0. The largest absolute Gasteiger partial charge is 0.448 e. The van der Waals surface area contributed by atoms with Gasteiger partial charge in [-0.15, -0.1) is 17.0 Å². The summed E-state index contributed by atoms with van der Waals surface area (Å²) in [6.45, 7) is 0. The van der Waals surface area contributed by atoms with Crippen LogP contribution in [0.1, 0.15) is 0 Å². The molecule has 0 aromatic rings. The molecule has 2 rings (SSSR count). The average Bonchev–Trinajstić information content (AvgIpc) is 2.09. The summed E-state index contributed by atoms with van der Waals surface area (Å²) in [7, 11) is 2.96. The Morgan fingerprint density at radius 2 is 1.15 bits per heavy atom. The summed E-state index contributed by atoms with van der Waals surface area (Å²) in [5.41, 5.74) is 2.85. The van der Waals surface area contributed by atoms with Gasteiger partial charge < -0.3 is 9.47 Å². The molecule has 0 N–H and O–H groups in total. The predicted molar refractivity (Wildman–Crippen MR) is 57.6 cm³/mol. The Bertz CT molecular complexity index is 266. The molecular formula is C10H11BrO2. The molecule has 0 aromatic heterocycles. The van der Waals surface area contributed by atoms with E-state index in [4.69, 9.17) is 0 Å². The van der Waals surface area contributed by atoms with E-state index in [1.165, 1.54) is 25.3 Å². The fraction of sp³-hybridized carbons (Fsp3) is 0.200. The van der Waals surface area contributed by atoms with E-state index in [9.17, 15) is 0 Å². The van der Waals surface area contributed by atoms with Gasteiger partial charge in [-0.1, -0.05) is 24.3 Å². The Balaban J connectivity index is 0.000000206. The number of fused-ring (bicyclic) bond motifs is 1. The highest BCUT2D eigenvalue weighted by Gasteiger charge is 2.03. The number of halogens is 1. The molecule has 0 aliphatic heterocycles. The number of methoxy groups -OCH3 is 2. The van der Waals surface area contributed by atoms with Crippen molar-refractivity contribution in [2.75, 3.05) is 14.2 Å². The highest BCUT2D eigenvalue weighted by atomic mass is 79.9. The molecule has 2 nitrogen and oxygen atoms in total. The first kappa shape index (κ1) is 11.9. The fourth-order valence-electron chi connectivity index (χ4n) is 0.746. The molecule has 2 aliphatic carbocycles. The lowest BCUT2D eigenvalue weighted by Gasteiger charge is -2.10. The van der Waals surface area contributed by atoms with Gasteiger partial charge in [0.1, 0.15) is 0 Å². The van der Waals surface area contributed by atoms with Gasteiger partial charge >= 0.3 is 0 Å². The zero-order valence-electron chi connectivity index (χ0n) is 7.53. The Labute approximate surface area is 88.6 Å². The van der Waals surface area contributed by atoms with E-state index in [0.717, 1.165) is 0 Å². The van der Waals surface area contributed by atoms with Crippen LogP contribution in [0.3, 0.4) is 0 Å². The van der Waals surface area contributed by atoms with Gasteiger partial charge in [0.25, 0.3) is 0 Å². The van der Waals surface area contributed by atoms with E-state index in [2.05, 4.69) is 46.0 Å². The first-order valence-electron chi connectivity index (χ1n) is 3.55. The van der Waals surface area contributed by atoms with Crippen molar-refractivity contribution in [1.29, 1.82) is 0 Å². The summed E-state index contributed by atoms with van der Waals surface area (Å²) in [4.78, 5) is 0. The number of hydrogen-bond acceptors (Lipinski definition) is 2. The van der Waals surface area contributed by atoms with E-state index < -0.39 is 0 Å². The summed E-state index contributed by atoms with van der Waals surface area (Å²) < 4.78 is 8.59. The lowest BCUT2D eigenvalue weighted by Crippen LogP contribution is -1.85. The van der Waals surface area contributed by atoms with Gasteiger partial charge in [0, 0.05) is 0 Å². The fourth-order valence-corrected chi connectivity index (χ4v) is 0.746. The van der Waals surface area contributed by atoms with Gasteiger partial charge in [0.2, 0.25) is 0 Å². The third-order valence-corrected chi connectivity index (χ3v) is 1.46. The maximum atomic E-state index is 4.30. The molecule has 0 heterocycles. The third-order valence-electron chi connectivity index (χ3n) is 1.46. The maximum absolute atomic E-state index is 4.30. The highest BCUT2D eigenvalue weighted by molar-refractivity contribution is 8.93. The van der Waals surface area contributed by atoms with E-state index in [1.54, 1.807) is 0 Å². The summed E-state index contributed by atoms with van der Waals surface area (Å²) in [6.07, 6.45) is 4.45. The summed E-state index contributed by atoms with van der Waals surface area (Å²) in [5.74, 6) is 0. The van der Waals surface area contributed by atoms with Crippen LogP contribution < -0.4 is 0 Å². The molecule has 13 heavy (non-hydrogen) atoms. The number of hydrogen-bond donors (Lipinski definition) is 0. The van der Waals surface area contributed by atoms with Crippen molar-refractivity contribution in [2.45, 2.75) is 0 Å². The van der Waals surface area contributed by atoms with E-state index in [-0.39, 0.29) is 17.0 Å². The maximum Gasteiger partial charge on any atom is 0.154 e. The molecule has 0 amide bonds. The van der Waals surface area contributed by atoms with Gasteiger partial charge in [0.05, 0.1) is 14.2 Å². The Kier molecular flexibility index (Phi) is 5.82. The van der Waals surface area contributed by atoms with Crippen molar-refractivity contribution >= 4 is 17.0 Å². The monoisotopic (exact) mass is 242 g/mol. The average molecular weight is 243 g/mol. The van der Waals surface area contributed by atoms with Crippen LogP contribution in [-0.2, 0) is 9.47 Å². The van der Waals surface area contributed by atoms with E-state index in [0.29, 0.717) is 0 Å².